The first kappa shape index (κ1) is 19.8. The first-order valence-electron chi connectivity index (χ1n) is 8.07. The molecule has 0 fully saturated rings. The van der Waals surface area contributed by atoms with E-state index in [0.717, 1.165) is 10.2 Å². The number of nitrogens with zero attached hydrogens (tertiary/aromatic N) is 1. The fourth-order valence-corrected chi connectivity index (χ4v) is 2.36. The molecular formula is C19H21BrN2O4. The van der Waals surface area contributed by atoms with Crippen molar-refractivity contribution in [2.45, 2.75) is 6.92 Å². The summed E-state index contributed by atoms with van der Waals surface area (Å²) >= 11 is 3.36. The Kier molecular flexibility index (Phi) is 7.47. The molecule has 2 rings (SSSR count). The van der Waals surface area contributed by atoms with Crippen LogP contribution in [0.1, 0.15) is 6.92 Å². The third kappa shape index (κ3) is 6.40. The average Bonchev–Trinajstić information content (AvgIpc) is 2.61. The average molecular weight is 421 g/mol. The van der Waals surface area contributed by atoms with E-state index in [-0.39, 0.29) is 18.4 Å². The number of carbonyl (C=O) groups is 2. The van der Waals surface area contributed by atoms with Gasteiger partial charge in [-0.2, -0.15) is 0 Å². The first-order chi connectivity index (χ1) is 12.5. The lowest BCUT2D eigenvalue weighted by molar-refractivity contribution is -0.132. The van der Waals surface area contributed by atoms with E-state index in [4.69, 9.17) is 9.47 Å². The van der Waals surface area contributed by atoms with Crippen molar-refractivity contribution in [1.82, 2.24) is 4.90 Å². The number of benzene rings is 2. The second kappa shape index (κ2) is 9.82. The fourth-order valence-electron chi connectivity index (χ4n) is 2.09. The van der Waals surface area contributed by atoms with Gasteiger partial charge in [0, 0.05) is 18.4 Å². The first-order valence-corrected chi connectivity index (χ1v) is 8.87. The lowest BCUT2D eigenvalue weighted by atomic mass is 10.3. The predicted molar refractivity (Wildman–Crippen MR) is 104 cm³/mol. The van der Waals surface area contributed by atoms with Gasteiger partial charge in [-0.1, -0.05) is 28.1 Å². The molecule has 1 N–H and O–H groups in total. The predicted octanol–water partition coefficient (Wildman–Crippen LogP) is 3.32. The van der Waals surface area contributed by atoms with E-state index in [1.54, 1.807) is 36.2 Å². The summed E-state index contributed by atoms with van der Waals surface area (Å²) < 4.78 is 12.1. The van der Waals surface area contributed by atoms with Crippen molar-refractivity contribution in [3.05, 3.63) is 53.0 Å². The monoisotopic (exact) mass is 420 g/mol. The molecule has 7 heteroatoms. The minimum absolute atomic E-state index is 0.120. The normalized spacial score (nSPS) is 10.1. The van der Waals surface area contributed by atoms with Gasteiger partial charge in [0.2, 0.25) is 5.91 Å². The quantitative estimate of drug-likeness (QED) is 0.710. The summed E-state index contributed by atoms with van der Waals surface area (Å²) in [4.78, 5) is 24.9. The van der Waals surface area contributed by atoms with Crippen molar-refractivity contribution >= 4 is 33.4 Å². The summed E-state index contributed by atoms with van der Waals surface area (Å²) in [6.07, 6.45) is 0. The Balaban J connectivity index is 1.78. The maximum Gasteiger partial charge on any atom is 0.260 e. The van der Waals surface area contributed by atoms with Crippen molar-refractivity contribution in [1.29, 1.82) is 0 Å². The maximum atomic E-state index is 12.2. The number of amides is 2. The molecule has 138 valence electrons. The van der Waals surface area contributed by atoms with Crippen LogP contribution in [0.2, 0.25) is 0 Å². The molecular weight excluding hydrogens is 400 g/mol. The molecule has 0 radical (unpaired) electrons. The van der Waals surface area contributed by atoms with Crippen molar-refractivity contribution in [3.63, 3.8) is 0 Å². The Morgan fingerprint density at radius 1 is 1.08 bits per heavy atom. The third-order valence-electron chi connectivity index (χ3n) is 3.48. The van der Waals surface area contributed by atoms with Gasteiger partial charge in [0.1, 0.15) is 18.1 Å². The Morgan fingerprint density at radius 3 is 2.46 bits per heavy atom. The topological polar surface area (TPSA) is 67.9 Å². The van der Waals surface area contributed by atoms with Crippen LogP contribution in [0.4, 0.5) is 5.69 Å². The molecule has 0 spiro atoms. The summed E-state index contributed by atoms with van der Waals surface area (Å²) in [7, 11) is 1.69. The van der Waals surface area contributed by atoms with Crippen LogP contribution in [-0.2, 0) is 9.59 Å². The number of hydrogen-bond donors (Lipinski definition) is 1. The Bertz CT molecular complexity index is 749. The zero-order valence-corrected chi connectivity index (χ0v) is 16.3. The van der Waals surface area contributed by atoms with Crippen LogP contribution in [0.3, 0.4) is 0 Å². The summed E-state index contributed by atoms with van der Waals surface area (Å²) in [6, 6.07) is 14.5. The molecule has 0 aliphatic carbocycles. The van der Waals surface area contributed by atoms with Crippen LogP contribution in [-0.4, -0.2) is 43.5 Å². The molecule has 26 heavy (non-hydrogen) atoms. The van der Waals surface area contributed by atoms with Crippen LogP contribution in [0, 0.1) is 0 Å². The van der Waals surface area contributed by atoms with E-state index >= 15 is 0 Å². The molecule has 0 aliphatic heterocycles. The number of halogens is 1. The lowest BCUT2D eigenvalue weighted by Gasteiger charge is -2.18. The van der Waals surface area contributed by atoms with Crippen molar-refractivity contribution in [2.75, 3.05) is 32.1 Å². The second-order valence-electron chi connectivity index (χ2n) is 5.58. The number of carbonyl (C=O) groups excluding carboxylic acids is 2. The third-order valence-corrected chi connectivity index (χ3v) is 4.01. The van der Waals surface area contributed by atoms with Gasteiger partial charge in [0.15, 0.2) is 6.61 Å². The van der Waals surface area contributed by atoms with Gasteiger partial charge in [-0.25, -0.2) is 0 Å². The van der Waals surface area contributed by atoms with E-state index in [2.05, 4.69) is 21.2 Å². The number of nitrogens with one attached hydrogen (secondary N) is 1. The lowest BCUT2D eigenvalue weighted by Crippen LogP contribution is -2.34. The van der Waals surface area contributed by atoms with Gasteiger partial charge < -0.3 is 19.7 Å². The van der Waals surface area contributed by atoms with Gasteiger partial charge in [-0.15, -0.1) is 0 Å². The highest BCUT2D eigenvalue weighted by molar-refractivity contribution is 9.10. The summed E-state index contributed by atoms with van der Waals surface area (Å²) in [5.74, 6) is 0.821. The molecule has 0 saturated heterocycles. The van der Waals surface area contributed by atoms with Crippen molar-refractivity contribution in [2.24, 2.45) is 0 Å². The van der Waals surface area contributed by atoms with E-state index in [1.165, 1.54) is 6.92 Å². The zero-order chi connectivity index (χ0) is 18.9. The molecule has 2 aromatic rings. The number of ether oxygens (including phenoxy) is 2. The molecule has 0 atom stereocenters. The van der Waals surface area contributed by atoms with Crippen molar-refractivity contribution in [3.8, 4) is 11.5 Å². The standard InChI is InChI=1S/C19H21BrN2O4/c1-14(23)21-17-5-3-4-6-18(17)26-13-19(24)22(2)11-12-25-16-9-7-15(20)8-10-16/h3-10H,11-13H2,1-2H3,(H,21,23). The Hall–Kier alpha value is -2.54. The number of hydrogen-bond acceptors (Lipinski definition) is 4. The van der Waals surface area contributed by atoms with Crippen LogP contribution < -0.4 is 14.8 Å². The molecule has 0 aromatic heterocycles. The number of likely N-dealkylation sites (N-methyl/N-ethyl adjacent to an activating group) is 1. The molecule has 0 unspecified atom stereocenters. The van der Waals surface area contributed by atoms with Crippen LogP contribution in [0.25, 0.3) is 0 Å². The summed E-state index contributed by atoms with van der Waals surface area (Å²) in [6.45, 7) is 2.12. The van der Waals surface area contributed by atoms with Gasteiger partial charge in [-0.05, 0) is 36.4 Å². The number of para-hydroxylation sites is 2. The van der Waals surface area contributed by atoms with E-state index in [0.29, 0.717) is 24.6 Å². The molecule has 6 nitrogen and oxygen atoms in total. The highest BCUT2D eigenvalue weighted by Crippen LogP contribution is 2.23. The summed E-state index contributed by atoms with van der Waals surface area (Å²) in [5.41, 5.74) is 0.536. The molecule has 2 amide bonds. The van der Waals surface area contributed by atoms with Gasteiger partial charge in [0.25, 0.3) is 5.91 Å². The maximum absolute atomic E-state index is 12.2. The number of rotatable bonds is 8. The largest absolute Gasteiger partial charge is 0.492 e. The minimum Gasteiger partial charge on any atom is -0.492 e. The smallest absolute Gasteiger partial charge is 0.260 e. The molecule has 0 bridgehead atoms. The van der Waals surface area contributed by atoms with Gasteiger partial charge in [-0.3, -0.25) is 9.59 Å². The number of anilines is 1. The van der Waals surface area contributed by atoms with E-state index < -0.39 is 0 Å². The van der Waals surface area contributed by atoms with E-state index in [1.807, 2.05) is 24.3 Å². The van der Waals surface area contributed by atoms with E-state index in [9.17, 15) is 9.59 Å². The highest BCUT2D eigenvalue weighted by atomic mass is 79.9. The highest BCUT2D eigenvalue weighted by Gasteiger charge is 2.11. The molecule has 0 heterocycles. The van der Waals surface area contributed by atoms with Gasteiger partial charge >= 0.3 is 0 Å². The molecule has 2 aromatic carbocycles. The van der Waals surface area contributed by atoms with Gasteiger partial charge in [0.05, 0.1) is 12.2 Å². The molecule has 0 saturated carbocycles. The summed E-state index contributed by atoms with van der Waals surface area (Å²) in [5, 5.41) is 2.67. The Morgan fingerprint density at radius 2 is 1.77 bits per heavy atom. The second-order valence-corrected chi connectivity index (χ2v) is 6.50. The fraction of sp³-hybridized carbons (Fsp3) is 0.263. The van der Waals surface area contributed by atoms with Crippen LogP contribution in [0.5, 0.6) is 11.5 Å². The van der Waals surface area contributed by atoms with Crippen LogP contribution >= 0.6 is 15.9 Å². The zero-order valence-electron chi connectivity index (χ0n) is 14.7. The van der Waals surface area contributed by atoms with Crippen molar-refractivity contribution < 1.29 is 19.1 Å². The Labute approximate surface area is 161 Å². The minimum atomic E-state index is -0.199. The molecule has 0 aliphatic rings. The van der Waals surface area contributed by atoms with Crippen LogP contribution in [0.15, 0.2) is 53.0 Å². The SMILES string of the molecule is CC(=O)Nc1ccccc1OCC(=O)N(C)CCOc1ccc(Br)cc1.